The van der Waals surface area contributed by atoms with E-state index in [4.69, 9.17) is 0 Å². The van der Waals surface area contributed by atoms with Gasteiger partial charge in [-0.05, 0) is 143 Å². The van der Waals surface area contributed by atoms with Crippen molar-refractivity contribution >= 4 is 112 Å². The van der Waals surface area contributed by atoms with Gasteiger partial charge in [-0.15, -0.1) is 0 Å². The lowest BCUT2D eigenvalue weighted by Gasteiger charge is -2.45. The van der Waals surface area contributed by atoms with Crippen molar-refractivity contribution in [2.45, 2.75) is 145 Å². The van der Waals surface area contributed by atoms with Gasteiger partial charge in [0.05, 0.1) is 11.0 Å². The molecule has 0 unspecified atom stereocenters. The molecule has 0 atom stereocenters. The smallest absolute Gasteiger partial charge is 0.252 e. The lowest BCUT2D eigenvalue weighted by molar-refractivity contribution is 0.585. The van der Waals surface area contributed by atoms with Gasteiger partial charge in [0.15, 0.2) is 0 Å². The summed E-state index contributed by atoms with van der Waals surface area (Å²) in [6.45, 7) is 41.1. The van der Waals surface area contributed by atoms with Crippen LogP contribution in [0.3, 0.4) is 0 Å². The van der Waals surface area contributed by atoms with Crippen molar-refractivity contribution < 1.29 is 0 Å². The molecule has 342 valence electrons. The molecule has 0 radical (unpaired) electrons. The molecule has 0 aliphatic carbocycles. The molecule has 14 rings (SSSR count). The van der Waals surface area contributed by atoms with Crippen LogP contribution in [0.2, 0.25) is 0 Å². The molecule has 4 aliphatic heterocycles. The van der Waals surface area contributed by atoms with E-state index in [1.165, 1.54) is 154 Å². The molecule has 5 heteroatoms. The van der Waals surface area contributed by atoms with Gasteiger partial charge in [-0.1, -0.05) is 152 Å². The minimum Gasteiger partial charge on any atom is -0.311 e. The van der Waals surface area contributed by atoms with Gasteiger partial charge in [0.25, 0.3) is 13.4 Å². The Bertz CT molecular complexity index is 3850. The van der Waals surface area contributed by atoms with E-state index in [1.807, 2.05) is 0 Å². The van der Waals surface area contributed by atoms with E-state index in [0.717, 1.165) is 0 Å². The summed E-state index contributed by atoms with van der Waals surface area (Å²) >= 11 is 0. The zero-order chi connectivity index (χ0) is 48.5. The Labute approximate surface area is 409 Å². The molecule has 0 fully saturated rings. The lowest BCUT2D eigenvalue weighted by atomic mass is 9.29. The van der Waals surface area contributed by atoms with Crippen LogP contribution in [-0.4, -0.2) is 27.1 Å². The Kier molecular flexibility index (Phi) is 7.50. The molecule has 0 saturated heterocycles. The van der Waals surface area contributed by atoms with E-state index in [0.29, 0.717) is 0 Å². The van der Waals surface area contributed by atoms with Gasteiger partial charge in [-0.2, -0.15) is 0 Å². The maximum absolute atomic E-state index is 2.84. The summed E-state index contributed by atoms with van der Waals surface area (Å²) in [5, 5.41) is 8.24. The largest absolute Gasteiger partial charge is 0.311 e. The minimum atomic E-state index is -0.251. The molecule has 69 heavy (non-hydrogen) atoms. The van der Waals surface area contributed by atoms with Gasteiger partial charge in [0, 0.05) is 77.0 Å². The second-order valence-corrected chi connectivity index (χ2v) is 27.3. The maximum atomic E-state index is 2.84. The average molecular weight is 898 g/mol. The first-order valence-electron chi connectivity index (χ1n) is 25.8. The van der Waals surface area contributed by atoms with Crippen LogP contribution in [0.5, 0.6) is 0 Å². The van der Waals surface area contributed by atoms with Crippen molar-refractivity contribution in [3.63, 3.8) is 0 Å². The molecule has 7 heterocycles. The molecule has 10 aromatic rings. The van der Waals surface area contributed by atoms with Crippen molar-refractivity contribution in [3.05, 3.63) is 124 Å². The van der Waals surface area contributed by atoms with Crippen molar-refractivity contribution in [2.75, 3.05) is 0 Å². The molecule has 3 nitrogen and oxygen atoms in total. The van der Waals surface area contributed by atoms with Crippen LogP contribution in [0.1, 0.15) is 143 Å². The van der Waals surface area contributed by atoms with Crippen LogP contribution in [0.15, 0.2) is 84.9 Å². The fourth-order valence-electron chi connectivity index (χ4n) is 13.9. The van der Waals surface area contributed by atoms with Crippen LogP contribution >= 0.6 is 0 Å². The standard InChI is InChI=1S/C64H65B2N3/c1-32-18-20-38-40-24-34(60(3,4)5)28-44-53(40)67(48(38)22-32)57-50(64(15,16)17)58-52-59-51(57)65(44)46-30-36(62(9,10)11)26-42-43-27-37(63(12,13)14)31-47(56(43)69(59)55(42)46)66(52)45-29-35(61(6,7)8)25-41-39-21-19-33(2)23-49(39)68(58)54(41)45/h18-31H,1-17H3. The van der Waals surface area contributed by atoms with Crippen LogP contribution in [0.4, 0.5) is 0 Å². The molecular weight excluding hydrogens is 832 g/mol. The van der Waals surface area contributed by atoms with Crippen LogP contribution < -0.4 is 32.8 Å². The molecule has 0 amide bonds. The summed E-state index contributed by atoms with van der Waals surface area (Å²) in [6, 6.07) is 35.4. The van der Waals surface area contributed by atoms with Crippen LogP contribution in [-0.2, 0) is 27.1 Å². The predicted octanol–water partition coefficient (Wildman–Crippen LogP) is 12.4. The van der Waals surface area contributed by atoms with Crippen molar-refractivity contribution in [1.82, 2.24) is 13.7 Å². The lowest BCUT2D eigenvalue weighted by Crippen LogP contribution is -2.67. The van der Waals surface area contributed by atoms with Gasteiger partial charge in [-0.3, -0.25) is 0 Å². The summed E-state index contributed by atoms with van der Waals surface area (Å²) in [4.78, 5) is 0. The number of hydrogen-bond acceptors (Lipinski definition) is 0. The van der Waals surface area contributed by atoms with Gasteiger partial charge >= 0.3 is 0 Å². The molecule has 0 N–H and O–H groups in total. The van der Waals surface area contributed by atoms with E-state index in [2.05, 4.69) is 216 Å². The third-order valence-corrected chi connectivity index (χ3v) is 17.3. The molecule has 3 aromatic heterocycles. The quantitative estimate of drug-likeness (QED) is 0.135. The summed E-state index contributed by atoms with van der Waals surface area (Å²) < 4.78 is 8.42. The number of aromatic nitrogens is 3. The summed E-state index contributed by atoms with van der Waals surface area (Å²) in [7, 11) is 0. The topological polar surface area (TPSA) is 14.8 Å². The third kappa shape index (κ3) is 5.08. The maximum Gasteiger partial charge on any atom is 0.252 e. The van der Waals surface area contributed by atoms with E-state index in [1.54, 1.807) is 0 Å². The van der Waals surface area contributed by atoms with Gasteiger partial charge in [0.1, 0.15) is 0 Å². The highest BCUT2D eigenvalue weighted by Gasteiger charge is 2.52. The molecular formula is C64H65B2N3. The highest BCUT2D eigenvalue weighted by molar-refractivity contribution is 7.04. The minimum absolute atomic E-state index is 0.0287. The third-order valence-electron chi connectivity index (χ3n) is 17.3. The molecule has 0 spiro atoms. The number of nitrogens with zero attached hydrogens (tertiary/aromatic N) is 3. The van der Waals surface area contributed by atoms with Crippen LogP contribution in [0.25, 0.3) is 82.5 Å². The Morgan fingerprint density at radius 1 is 0.319 bits per heavy atom. The fraction of sp³-hybridized carbons (Fsp3) is 0.344. The Morgan fingerprint density at radius 3 is 0.928 bits per heavy atom. The summed E-state index contributed by atoms with van der Waals surface area (Å²) in [5.41, 5.74) is 30.4. The first-order chi connectivity index (χ1) is 32.2. The van der Waals surface area contributed by atoms with E-state index < -0.39 is 0 Å². The molecule has 4 aliphatic rings. The summed E-state index contributed by atoms with van der Waals surface area (Å²) in [6.07, 6.45) is 0. The van der Waals surface area contributed by atoms with E-state index in [-0.39, 0.29) is 40.5 Å². The Balaban J connectivity index is 1.35. The first-order valence-corrected chi connectivity index (χ1v) is 25.8. The van der Waals surface area contributed by atoms with Gasteiger partial charge in [-0.25, -0.2) is 0 Å². The van der Waals surface area contributed by atoms with E-state index in [9.17, 15) is 0 Å². The number of aryl methyl sites for hydroxylation is 2. The number of rotatable bonds is 0. The fourth-order valence-corrected chi connectivity index (χ4v) is 13.9. The number of fused-ring (bicyclic) bond motifs is 13. The van der Waals surface area contributed by atoms with Crippen molar-refractivity contribution in [2.24, 2.45) is 0 Å². The first kappa shape index (κ1) is 42.0. The molecule has 7 aromatic carbocycles. The Morgan fingerprint density at radius 2 is 0.623 bits per heavy atom. The number of hydrogen-bond donors (Lipinski definition) is 0. The van der Waals surface area contributed by atoms with Crippen molar-refractivity contribution in [3.8, 4) is 17.1 Å². The highest BCUT2D eigenvalue weighted by atomic mass is 15.1. The highest BCUT2D eigenvalue weighted by Crippen LogP contribution is 2.49. The van der Waals surface area contributed by atoms with Gasteiger partial charge < -0.3 is 13.7 Å². The number of benzene rings is 7. The zero-order valence-electron chi connectivity index (χ0n) is 44.1. The molecule has 0 saturated carbocycles. The summed E-state index contributed by atoms with van der Waals surface area (Å²) in [5.74, 6) is 0. The Hall–Kier alpha value is -5.93. The normalized spacial score (nSPS) is 15.0. The monoisotopic (exact) mass is 898 g/mol. The SMILES string of the molecule is Cc1ccc2c3cc(C(C)(C)C)cc4c3n(c2c1)-c1c2c3c5c(c1C(C)(C)C)-n1c6cc(C)ccc6c6cc(C(C)(C)C)cc(c61)B5c1cc(C(C)(C)C)cc5c6cc(C(C)(C)C)cc(c6n-3c15)B24. The van der Waals surface area contributed by atoms with Gasteiger partial charge in [0.2, 0.25) is 0 Å². The second-order valence-electron chi connectivity index (χ2n) is 27.3. The zero-order valence-corrected chi connectivity index (χ0v) is 44.1. The average Bonchev–Trinajstić information content (AvgIpc) is 3.88. The predicted molar refractivity (Wildman–Crippen MR) is 302 cm³/mol. The molecule has 0 bridgehead atoms. The van der Waals surface area contributed by atoms with Crippen LogP contribution in [0, 0.1) is 13.8 Å². The van der Waals surface area contributed by atoms with Crippen molar-refractivity contribution in [1.29, 1.82) is 0 Å². The second kappa shape index (κ2) is 12.3. The van der Waals surface area contributed by atoms with E-state index >= 15 is 0 Å².